The van der Waals surface area contributed by atoms with Crippen molar-refractivity contribution in [3.05, 3.63) is 46.3 Å². The van der Waals surface area contributed by atoms with Crippen LogP contribution in [0, 0.1) is 0 Å². The summed E-state index contributed by atoms with van der Waals surface area (Å²) in [6.07, 6.45) is 1.95. The normalized spacial score (nSPS) is 12.6. The van der Waals surface area contributed by atoms with Gasteiger partial charge in [-0.1, -0.05) is 12.1 Å². The van der Waals surface area contributed by atoms with Crippen LogP contribution in [0.25, 0.3) is 0 Å². The molecule has 2 heterocycles. The molecule has 1 N–H and O–H groups in total. The van der Waals surface area contributed by atoms with E-state index in [-0.39, 0.29) is 0 Å². The summed E-state index contributed by atoms with van der Waals surface area (Å²) in [4.78, 5) is 8.15. The van der Waals surface area contributed by atoms with E-state index in [1.807, 2.05) is 23.6 Å². The lowest BCUT2D eigenvalue weighted by molar-refractivity contribution is 0.256. The van der Waals surface area contributed by atoms with E-state index in [1.165, 1.54) is 10.4 Å². The number of rotatable bonds is 6. The van der Waals surface area contributed by atoms with Crippen LogP contribution in [0.1, 0.15) is 30.3 Å². The highest BCUT2D eigenvalue weighted by atomic mass is 32.1. The van der Waals surface area contributed by atoms with Gasteiger partial charge in [0.25, 0.3) is 0 Å². The second-order valence-electron chi connectivity index (χ2n) is 4.69. The molecule has 4 heteroatoms. The molecule has 0 saturated heterocycles. The molecule has 0 radical (unpaired) electrons. The maximum Gasteiger partial charge on any atom is 0.125 e. The number of hydrogen-bond acceptors (Lipinski definition) is 4. The van der Waals surface area contributed by atoms with Crippen LogP contribution < -0.4 is 5.32 Å². The highest BCUT2D eigenvalue weighted by Crippen LogP contribution is 2.24. The van der Waals surface area contributed by atoms with Gasteiger partial charge in [0.15, 0.2) is 0 Å². The van der Waals surface area contributed by atoms with Gasteiger partial charge in [-0.3, -0.25) is 4.90 Å². The number of pyridine rings is 1. The fourth-order valence-corrected chi connectivity index (χ4v) is 2.82. The number of anilines is 1. The molecule has 0 aliphatic rings. The molecule has 19 heavy (non-hydrogen) atoms. The fourth-order valence-electron chi connectivity index (χ4n) is 1.97. The molecule has 0 aliphatic carbocycles. The molecule has 0 aliphatic heterocycles. The number of thiophene rings is 1. The third kappa shape index (κ3) is 3.78. The summed E-state index contributed by atoms with van der Waals surface area (Å²) in [6, 6.07) is 8.93. The molecule has 0 bridgehead atoms. The van der Waals surface area contributed by atoms with E-state index in [9.17, 15) is 0 Å². The van der Waals surface area contributed by atoms with Crippen LogP contribution in [0.4, 0.5) is 5.82 Å². The molecule has 2 aromatic heterocycles. The molecule has 2 rings (SSSR count). The van der Waals surface area contributed by atoms with Gasteiger partial charge >= 0.3 is 0 Å². The molecular formula is C15H21N3S. The van der Waals surface area contributed by atoms with Gasteiger partial charge in [0.1, 0.15) is 5.82 Å². The lowest BCUT2D eigenvalue weighted by Crippen LogP contribution is -2.21. The highest BCUT2D eigenvalue weighted by molar-refractivity contribution is 7.10. The fraction of sp³-hybridized carbons (Fsp3) is 0.400. The summed E-state index contributed by atoms with van der Waals surface area (Å²) < 4.78 is 0. The van der Waals surface area contributed by atoms with E-state index >= 15 is 0 Å². The second-order valence-corrected chi connectivity index (χ2v) is 5.67. The summed E-state index contributed by atoms with van der Waals surface area (Å²) in [5, 5.41) is 5.34. The van der Waals surface area contributed by atoms with Gasteiger partial charge in [0, 0.05) is 30.2 Å². The minimum Gasteiger partial charge on any atom is -0.370 e. The number of nitrogens with zero attached hydrogens (tertiary/aromatic N) is 2. The summed E-state index contributed by atoms with van der Waals surface area (Å²) in [7, 11) is 2.16. The minimum absolute atomic E-state index is 0.438. The molecule has 0 amide bonds. The zero-order valence-electron chi connectivity index (χ0n) is 11.8. The Hall–Kier alpha value is -1.39. The molecular weight excluding hydrogens is 254 g/mol. The number of hydrogen-bond donors (Lipinski definition) is 1. The first-order chi connectivity index (χ1) is 9.20. The van der Waals surface area contributed by atoms with E-state index < -0.39 is 0 Å². The van der Waals surface area contributed by atoms with E-state index in [0.717, 1.165) is 18.9 Å². The van der Waals surface area contributed by atoms with E-state index in [2.05, 4.69) is 59.7 Å². The van der Waals surface area contributed by atoms with Crippen LogP contribution in [-0.4, -0.2) is 23.5 Å². The van der Waals surface area contributed by atoms with Gasteiger partial charge in [-0.05, 0) is 44.0 Å². The van der Waals surface area contributed by atoms with E-state index in [0.29, 0.717) is 6.04 Å². The predicted octanol–water partition coefficient (Wildman–Crippen LogP) is 3.77. The SMILES string of the molecule is CCNc1ccc(CN(C)C(C)c2cccs2)cn1. The number of aromatic nitrogens is 1. The van der Waals surface area contributed by atoms with Gasteiger partial charge in [-0.25, -0.2) is 4.98 Å². The quantitative estimate of drug-likeness (QED) is 0.870. The lowest BCUT2D eigenvalue weighted by Gasteiger charge is -2.23. The zero-order valence-corrected chi connectivity index (χ0v) is 12.6. The van der Waals surface area contributed by atoms with Gasteiger partial charge in [-0.2, -0.15) is 0 Å². The Balaban J connectivity index is 1.96. The van der Waals surface area contributed by atoms with E-state index in [4.69, 9.17) is 0 Å². The van der Waals surface area contributed by atoms with Crippen molar-refractivity contribution in [3.63, 3.8) is 0 Å². The molecule has 0 fully saturated rings. The molecule has 0 spiro atoms. The van der Waals surface area contributed by atoms with Gasteiger partial charge in [0.05, 0.1) is 0 Å². The minimum atomic E-state index is 0.438. The molecule has 2 aromatic rings. The van der Waals surface area contributed by atoms with Crippen LogP contribution in [0.3, 0.4) is 0 Å². The van der Waals surface area contributed by atoms with Crippen molar-refractivity contribution in [1.82, 2.24) is 9.88 Å². The average molecular weight is 275 g/mol. The van der Waals surface area contributed by atoms with Crippen LogP contribution in [0.2, 0.25) is 0 Å². The Morgan fingerprint density at radius 2 is 2.21 bits per heavy atom. The average Bonchev–Trinajstić information content (AvgIpc) is 2.94. The van der Waals surface area contributed by atoms with E-state index in [1.54, 1.807) is 0 Å². The molecule has 0 saturated carbocycles. The summed E-state index contributed by atoms with van der Waals surface area (Å²) in [5.74, 6) is 0.945. The molecule has 3 nitrogen and oxygen atoms in total. The maximum atomic E-state index is 4.41. The van der Waals surface area contributed by atoms with Crippen molar-refractivity contribution in [1.29, 1.82) is 0 Å². The molecule has 1 unspecified atom stereocenters. The Kier molecular flexibility index (Phi) is 4.93. The zero-order chi connectivity index (χ0) is 13.7. The van der Waals surface area contributed by atoms with Crippen molar-refractivity contribution < 1.29 is 0 Å². The smallest absolute Gasteiger partial charge is 0.125 e. The number of nitrogens with one attached hydrogen (secondary N) is 1. The molecule has 0 aromatic carbocycles. The Labute approximate surface area is 119 Å². The van der Waals surface area contributed by atoms with Crippen LogP contribution in [0.5, 0.6) is 0 Å². The van der Waals surface area contributed by atoms with Crippen molar-refractivity contribution in [2.24, 2.45) is 0 Å². The summed E-state index contributed by atoms with van der Waals surface area (Å²) >= 11 is 1.81. The van der Waals surface area contributed by atoms with Gasteiger partial charge in [-0.15, -0.1) is 11.3 Å². The van der Waals surface area contributed by atoms with Gasteiger partial charge < -0.3 is 5.32 Å². The Bertz CT molecular complexity index is 479. The highest BCUT2D eigenvalue weighted by Gasteiger charge is 2.12. The van der Waals surface area contributed by atoms with Crippen molar-refractivity contribution >= 4 is 17.2 Å². The van der Waals surface area contributed by atoms with Crippen molar-refractivity contribution in [2.75, 3.05) is 18.9 Å². The Morgan fingerprint density at radius 1 is 1.37 bits per heavy atom. The van der Waals surface area contributed by atoms with Gasteiger partial charge in [0.2, 0.25) is 0 Å². The van der Waals surface area contributed by atoms with Crippen LogP contribution in [0.15, 0.2) is 35.8 Å². The summed E-state index contributed by atoms with van der Waals surface area (Å²) in [5.41, 5.74) is 1.24. The maximum absolute atomic E-state index is 4.41. The van der Waals surface area contributed by atoms with Crippen LogP contribution in [-0.2, 0) is 6.54 Å². The third-order valence-corrected chi connectivity index (χ3v) is 4.27. The monoisotopic (exact) mass is 275 g/mol. The molecule has 1 atom stereocenters. The van der Waals surface area contributed by atoms with Crippen molar-refractivity contribution in [3.8, 4) is 0 Å². The standard InChI is InChI=1S/C15H21N3S/c1-4-16-15-8-7-13(10-17-15)11-18(3)12(2)14-6-5-9-19-14/h5-10,12H,4,11H2,1-3H3,(H,16,17). The Morgan fingerprint density at radius 3 is 2.79 bits per heavy atom. The summed E-state index contributed by atoms with van der Waals surface area (Å²) in [6.45, 7) is 6.14. The first-order valence-corrected chi connectivity index (χ1v) is 7.51. The largest absolute Gasteiger partial charge is 0.370 e. The third-order valence-electron chi connectivity index (χ3n) is 3.23. The van der Waals surface area contributed by atoms with Crippen LogP contribution >= 0.6 is 11.3 Å². The lowest BCUT2D eigenvalue weighted by atomic mass is 10.2. The topological polar surface area (TPSA) is 28.2 Å². The molecule has 102 valence electrons. The first kappa shape index (κ1) is 14.0. The second kappa shape index (κ2) is 6.68. The predicted molar refractivity (Wildman–Crippen MR) is 82.6 cm³/mol. The first-order valence-electron chi connectivity index (χ1n) is 6.63. The van der Waals surface area contributed by atoms with Crippen molar-refractivity contribution in [2.45, 2.75) is 26.4 Å².